The number of pyridine rings is 1. The number of nitrogens with zero attached hydrogens (tertiary/aromatic N) is 2. The van der Waals surface area contributed by atoms with Crippen molar-refractivity contribution >= 4 is 34.3 Å². The fourth-order valence-corrected chi connectivity index (χ4v) is 5.09. The number of aromatic nitrogens is 1. The third-order valence-electron chi connectivity index (χ3n) is 5.85. The Hall–Kier alpha value is -3.20. The predicted octanol–water partition coefficient (Wildman–Crippen LogP) is 3.02. The van der Waals surface area contributed by atoms with Gasteiger partial charge in [0, 0.05) is 25.2 Å². The maximum Gasteiger partial charge on any atom is 0.275 e. The molecule has 0 saturated heterocycles. The van der Waals surface area contributed by atoms with Crippen molar-refractivity contribution in [1.29, 1.82) is 0 Å². The molecule has 0 unspecified atom stereocenters. The van der Waals surface area contributed by atoms with E-state index in [4.69, 9.17) is 0 Å². The van der Waals surface area contributed by atoms with Crippen molar-refractivity contribution in [2.75, 3.05) is 24.7 Å². The van der Waals surface area contributed by atoms with Crippen molar-refractivity contribution in [2.24, 2.45) is 5.41 Å². The van der Waals surface area contributed by atoms with E-state index in [2.05, 4.69) is 35.5 Å². The Kier molecular flexibility index (Phi) is 5.09. The predicted molar refractivity (Wildman–Crippen MR) is 121 cm³/mol. The number of amides is 1. The maximum absolute atomic E-state index is 12.4. The highest BCUT2D eigenvalue weighted by molar-refractivity contribution is 7.10. The Morgan fingerprint density at radius 2 is 1.94 bits per heavy atom. The number of carbonyl (C=O) groups is 1. The summed E-state index contributed by atoms with van der Waals surface area (Å²) in [5, 5.41) is 18.7. The molecule has 3 aromatic rings. The van der Waals surface area contributed by atoms with Crippen LogP contribution in [-0.2, 0) is 6.42 Å². The summed E-state index contributed by atoms with van der Waals surface area (Å²) in [6, 6.07) is 3.44. The van der Waals surface area contributed by atoms with Crippen LogP contribution in [0.2, 0.25) is 0 Å². The van der Waals surface area contributed by atoms with Crippen molar-refractivity contribution in [3.05, 3.63) is 60.3 Å². The second-order valence-electron chi connectivity index (χ2n) is 8.66. The lowest BCUT2D eigenvalue weighted by Crippen LogP contribution is -2.41. The van der Waals surface area contributed by atoms with Gasteiger partial charge >= 0.3 is 0 Å². The lowest BCUT2D eigenvalue weighted by Gasteiger charge is -2.39. The molecule has 0 bridgehead atoms. The number of aryl methyl sites for hydroxylation is 1. The number of anilines is 3. The van der Waals surface area contributed by atoms with Crippen molar-refractivity contribution in [1.82, 2.24) is 9.88 Å². The third kappa shape index (κ3) is 3.48. The molecule has 8 nitrogen and oxygen atoms in total. The van der Waals surface area contributed by atoms with Crippen molar-refractivity contribution in [3.8, 4) is 5.75 Å². The van der Waals surface area contributed by atoms with Gasteiger partial charge in [-0.25, -0.2) is 4.98 Å². The molecule has 2 aromatic heterocycles. The highest BCUT2D eigenvalue weighted by Crippen LogP contribution is 2.47. The minimum Gasteiger partial charge on any atom is -0.504 e. The Morgan fingerprint density at radius 3 is 2.65 bits per heavy atom. The SMILES string of the molecule is CN(C)C(=O)c1nccc(Nc2c(N[C@@H]3c4sccc4CCC3(C)C)c(=O)c2=O)c1O. The van der Waals surface area contributed by atoms with E-state index in [1.807, 2.05) is 5.38 Å². The first-order valence-corrected chi connectivity index (χ1v) is 10.8. The molecule has 1 aliphatic carbocycles. The van der Waals surface area contributed by atoms with E-state index in [-0.39, 0.29) is 40.0 Å². The Balaban J connectivity index is 1.67. The molecule has 9 heteroatoms. The molecule has 0 fully saturated rings. The summed E-state index contributed by atoms with van der Waals surface area (Å²) in [6.07, 6.45) is 3.29. The van der Waals surface area contributed by atoms with Gasteiger partial charge in [0.15, 0.2) is 11.4 Å². The van der Waals surface area contributed by atoms with Crippen LogP contribution in [0, 0.1) is 5.41 Å². The van der Waals surface area contributed by atoms with Crippen LogP contribution in [0.5, 0.6) is 5.75 Å². The molecule has 1 aliphatic rings. The highest BCUT2D eigenvalue weighted by Gasteiger charge is 2.38. The van der Waals surface area contributed by atoms with Crippen molar-refractivity contribution < 1.29 is 9.90 Å². The van der Waals surface area contributed by atoms with Crippen LogP contribution in [0.1, 0.15) is 47.2 Å². The summed E-state index contributed by atoms with van der Waals surface area (Å²) in [5.41, 5.74) is 0.150. The molecule has 1 atom stereocenters. The van der Waals surface area contributed by atoms with Gasteiger partial charge < -0.3 is 20.6 Å². The average molecular weight is 441 g/mol. The smallest absolute Gasteiger partial charge is 0.275 e. The van der Waals surface area contributed by atoms with E-state index in [0.29, 0.717) is 0 Å². The zero-order valence-electron chi connectivity index (χ0n) is 17.8. The molecule has 3 N–H and O–H groups in total. The van der Waals surface area contributed by atoms with Gasteiger partial charge in [-0.15, -0.1) is 11.3 Å². The van der Waals surface area contributed by atoms with Crippen molar-refractivity contribution in [2.45, 2.75) is 32.7 Å². The van der Waals surface area contributed by atoms with E-state index in [1.54, 1.807) is 25.4 Å². The van der Waals surface area contributed by atoms with E-state index in [9.17, 15) is 19.5 Å². The number of hydrogen-bond acceptors (Lipinski definition) is 8. The van der Waals surface area contributed by atoms with Gasteiger partial charge in [0.2, 0.25) is 0 Å². The van der Waals surface area contributed by atoms with Crippen LogP contribution in [0.3, 0.4) is 0 Å². The second-order valence-corrected chi connectivity index (χ2v) is 9.61. The minimum atomic E-state index is -0.667. The topological polar surface area (TPSA) is 112 Å². The van der Waals surface area contributed by atoms with Crippen LogP contribution in [-0.4, -0.2) is 35.0 Å². The molecular weight excluding hydrogens is 416 g/mol. The molecular formula is C22H24N4O4S. The molecule has 1 aromatic carbocycles. The normalized spacial score (nSPS) is 17.2. The summed E-state index contributed by atoms with van der Waals surface area (Å²) in [5.74, 6) is -0.850. The fourth-order valence-electron chi connectivity index (χ4n) is 3.87. The van der Waals surface area contributed by atoms with Crippen LogP contribution < -0.4 is 21.5 Å². The molecule has 0 spiro atoms. The number of carbonyl (C=O) groups excluding carboxylic acids is 1. The van der Waals surface area contributed by atoms with Gasteiger partial charge in [0.1, 0.15) is 11.4 Å². The average Bonchev–Trinajstić information content (AvgIpc) is 3.20. The lowest BCUT2D eigenvalue weighted by atomic mass is 9.73. The Morgan fingerprint density at radius 1 is 1.23 bits per heavy atom. The first-order valence-electron chi connectivity index (χ1n) is 9.94. The third-order valence-corrected chi connectivity index (χ3v) is 6.88. The molecule has 162 valence electrons. The summed E-state index contributed by atoms with van der Waals surface area (Å²) < 4.78 is 0. The Labute approximate surface area is 183 Å². The molecule has 1 amide bonds. The molecule has 4 rings (SSSR count). The summed E-state index contributed by atoms with van der Waals surface area (Å²) in [4.78, 5) is 43.4. The van der Waals surface area contributed by atoms with E-state index in [0.717, 1.165) is 12.8 Å². The standard InChI is InChI=1S/C22H24N4O4S/c1-22(2)8-5-11-7-10-31-19(11)20(22)25-14-13(17(28)18(14)29)24-12-6-9-23-15(16(12)27)21(30)26(3)4/h6-7,9-10,20,25,27H,5,8H2,1-4H3,(H,23,24)/t20-/m1/s1. The largest absolute Gasteiger partial charge is 0.504 e. The molecule has 2 heterocycles. The van der Waals surface area contributed by atoms with Gasteiger partial charge in [-0.05, 0) is 41.3 Å². The van der Waals surface area contributed by atoms with Crippen LogP contribution >= 0.6 is 11.3 Å². The van der Waals surface area contributed by atoms with Crippen molar-refractivity contribution in [3.63, 3.8) is 0 Å². The number of hydrogen-bond donors (Lipinski definition) is 3. The van der Waals surface area contributed by atoms with Crippen LogP contribution in [0.15, 0.2) is 33.3 Å². The highest BCUT2D eigenvalue weighted by atomic mass is 32.1. The molecule has 0 saturated carbocycles. The maximum atomic E-state index is 12.4. The molecule has 31 heavy (non-hydrogen) atoms. The fraction of sp³-hybridized carbons (Fsp3) is 0.364. The quantitative estimate of drug-likeness (QED) is 0.523. The Bertz CT molecular complexity index is 1240. The van der Waals surface area contributed by atoms with Gasteiger partial charge in [-0.3, -0.25) is 14.4 Å². The van der Waals surface area contributed by atoms with Crippen LogP contribution in [0.4, 0.5) is 17.1 Å². The lowest BCUT2D eigenvalue weighted by molar-refractivity contribution is 0.0819. The number of aromatic hydroxyl groups is 1. The summed E-state index contributed by atoms with van der Waals surface area (Å²) in [7, 11) is 3.10. The first-order chi connectivity index (χ1) is 14.6. The van der Waals surface area contributed by atoms with E-state index in [1.165, 1.54) is 27.6 Å². The monoisotopic (exact) mass is 440 g/mol. The zero-order chi connectivity index (χ0) is 22.5. The van der Waals surface area contributed by atoms with Gasteiger partial charge in [0.05, 0.1) is 11.7 Å². The molecule has 0 radical (unpaired) electrons. The van der Waals surface area contributed by atoms with E-state index >= 15 is 0 Å². The first kappa shape index (κ1) is 21.0. The second kappa shape index (κ2) is 7.49. The number of thiophene rings is 1. The minimum absolute atomic E-state index is 0.0780. The van der Waals surface area contributed by atoms with E-state index < -0.39 is 16.8 Å². The summed E-state index contributed by atoms with van der Waals surface area (Å²) in [6.45, 7) is 4.28. The number of fused-ring (bicyclic) bond motifs is 1. The zero-order valence-corrected chi connectivity index (χ0v) is 18.6. The van der Waals surface area contributed by atoms with Gasteiger partial charge in [0.25, 0.3) is 16.8 Å². The number of nitrogens with one attached hydrogen (secondary N) is 2. The van der Waals surface area contributed by atoms with Gasteiger partial charge in [-0.1, -0.05) is 13.8 Å². The van der Waals surface area contributed by atoms with Crippen LogP contribution in [0.25, 0.3) is 0 Å². The van der Waals surface area contributed by atoms with Gasteiger partial charge in [-0.2, -0.15) is 0 Å². The molecule has 0 aliphatic heterocycles. The summed E-state index contributed by atoms with van der Waals surface area (Å²) >= 11 is 1.64. The number of rotatable bonds is 5.